The zero-order chi connectivity index (χ0) is 15.6. The average molecular weight is 327 g/mol. The number of aromatic nitrogens is 2. The van der Waals surface area contributed by atoms with E-state index in [2.05, 4.69) is 28.3 Å². The highest BCUT2D eigenvalue weighted by molar-refractivity contribution is 7.18. The molecule has 1 N–H and O–H groups in total. The van der Waals surface area contributed by atoms with Crippen LogP contribution in [0.1, 0.15) is 11.3 Å². The number of anilines is 2. The molecule has 23 heavy (non-hydrogen) atoms. The lowest BCUT2D eigenvalue weighted by Gasteiger charge is -2.16. The first kappa shape index (κ1) is 14.4. The minimum absolute atomic E-state index is 0.117. The number of thiophene rings is 1. The average Bonchev–Trinajstić information content (AvgIpc) is 3.18. The summed E-state index contributed by atoms with van der Waals surface area (Å²) in [6.07, 6.45) is 2.64. The van der Waals surface area contributed by atoms with Crippen LogP contribution in [-0.4, -0.2) is 29.3 Å². The zero-order valence-corrected chi connectivity index (χ0v) is 13.6. The summed E-state index contributed by atoms with van der Waals surface area (Å²) in [5, 5.41) is 4.43. The van der Waals surface area contributed by atoms with Crippen molar-refractivity contribution in [2.45, 2.75) is 19.4 Å². The van der Waals surface area contributed by atoms with E-state index in [0.29, 0.717) is 6.61 Å². The summed E-state index contributed by atoms with van der Waals surface area (Å²) in [4.78, 5) is 10.9. The summed E-state index contributed by atoms with van der Waals surface area (Å²) in [6, 6.07) is 10.0. The molecule has 3 aromatic rings. The highest BCUT2D eigenvalue weighted by Crippen LogP contribution is 2.33. The van der Waals surface area contributed by atoms with Gasteiger partial charge in [0.15, 0.2) is 0 Å². The van der Waals surface area contributed by atoms with Crippen LogP contribution < -0.4 is 10.1 Å². The Morgan fingerprint density at radius 2 is 2.22 bits per heavy atom. The highest BCUT2D eigenvalue weighted by atomic mass is 32.1. The summed E-state index contributed by atoms with van der Waals surface area (Å²) < 4.78 is 11.5. The number of para-hydroxylation sites is 2. The topological polar surface area (TPSA) is 56.3 Å². The molecule has 1 atom stereocenters. The normalized spacial score (nSPS) is 17.5. The number of ether oxygens (including phenoxy) is 2. The maximum atomic E-state index is 6.07. The number of hydrogen-bond acceptors (Lipinski definition) is 6. The zero-order valence-electron chi connectivity index (χ0n) is 12.8. The molecule has 0 spiro atoms. The Labute approximate surface area is 138 Å². The summed E-state index contributed by atoms with van der Waals surface area (Å²) >= 11 is 1.67. The van der Waals surface area contributed by atoms with Gasteiger partial charge < -0.3 is 14.8 Å². The second-order valence-corrected chi connectivity index (χ2v) is 6.76. The fourth-order valence-electron chi connectivity index (χ4n) is 2.66. The minimum atomic E-state index is 0.117. The third-order valence-electron chi connectivity index (χ3n) is 3.77. The molecule has 1 unspecified atom stereocenters. The molecule has 0 amide bonds. The molecule has 0 bridgehead atoms. The van der Waals surface area contributed by atoms with Gasteiger partial charge in [0.05, 0.1) is 24.3 Å². The Kier molecular flexibility index (Phi) is 3.85. The van der Waals surface area contributed by atoms with E-state index < -0.39 is 0 Å². The molecule has 5 nitrogen and oxygen atoms in total. The molecule has 0 saturated carbocycles. The molecule has 3 heterocycles. The maximum absolute atomic E-state index is 6.07. The number of nitrogens with zero attached hydrogens (tertiary/aromatic N) is 2. The van der Waals surface area contributed by atoms with Crippen LogP contribution >= 0.6 is 11.3 Å². The molecule has 0 aliphatic carbocycles. The number of benzene rings is 1. The van der Waals surface area contributed by atoms with Gasteiger partial charge >= 0.3 is 0 Å². The molecule has 1 aromatic carbocycles. The maximum Gasteiger partial charge on any atom is 0.143 e. The lowest BCUT2D eigenvalue weighted by molar-refractivity contribution is 0.142. The van der Waals surface area contributed by atoms with Crippen molar-refractivity contribution in [3.05, 3.63) is 41.5 Å². The first-order chi connectivity index (χ1) is 11.3. The van der Waals surface area contributed by atoms with Gasteiger partial charge in [-0.2, -0.15) is 0 Å². The number of hydrogen-bond donors (Lipinski definition) is 1. The van der Waals surface area contributed by atoms with Gasteiger partial charge in [-0.1, -0.05) is 12.1 Å². The smallest absolute Gasteiger partial charge is 0.143 e. The quantitative estimate of drug-likeness (QED) is 0.787. The van der Waals surface area contributed by atoms with Crippen molar-refractivity contribution in [3.63, 3.8) is 0 Å². The monoisotopic (exact) mass is 327 g/mol. The van der Waals surface area contributed by atoms with E-state index in [1.807, 2.05) is 24.3 Å². The van der Waals surface area contributed by atoms with Gasteiger partial charge in [0.25, 0.3) is 0 Å². The number of nitrogens with one attached hydrogen (secondary N) is 1. The Balaban J connectivity index is 1.65. The van der Waals surface area contributed by atoms with Gasteiger partial charge in [0.1, 0.15) is 28.8 Å². The largest absolute Gasteiger partial charge is 0.486 e. The molecule has 118 valence electrons. The summed E-state index contributed by atoms with van der Waals surface area (Å²) in [6.45, 7) is 3.49. The Morgan fingerprint density at radius 1 is 1.30 bits per heavy atom. The number of aryl methyl sites for hydroxylation is 1. The van der Waals surface area contributed by atoms with Crippen molar-refractivity contribution in [3.8, 4) is 5.75 Å². The first-order valence-electron chi connectivity index (χ1n) is 7.61. The Hall–Kier alpha value is -2.18. The van der Waals surface area contributed by atoms with Crippen LogP contribution in [0.2, 0.25) is 0 Å². The van der Waals surface area contributed by atoms with Crippen LogP contribution in [0, 0.1) is 6.92 Å². The summed E-state index contributed by atoms with van der Waals surface area (Å²) in [5.74, 6) is 1.62. The van der Waals surface area contributed by atoms with Crippen molar-refractivity contribution in [1.82, 2.24) is 9.97 Å². The number of rotatable bonds is 4. The predicted octanol–water partition coefficient (Wildman–Crippen LogP) is 3.91. The van der Waals surface area contributed by atoms with Gasteiger partial charge in [-0.3, -0.25) is 0 Å². The lowest BCUT2D eigenvalue weighted by Crippen LogP contribution is -2.16. The van der Waals surface area contributed by atoms with Crippen LogP contribution in [0.25, 0.3) is 10.2 Å². The standard InChI is InChI=1S/C17H17N3O2S/c1-11-8-13-16(18-10-19-17(13)23-11)20-14-4-2-3-5-15(14)22-12-6-7-21-9-12/h2-5,8,10,12H,6-7,9H2,1H3,(H,18,19,20). The van der Waals surface area contributed by atoms with Gasteiger partial charge in [0.2, 0.25) is 0 Å². The van der Waals surface area contributed by atoms with E-state index in [9.17, 15) is 0 Å². The third kappa shape index (κ3) is 3.00. The second-order valence-electron chi connectivity index (χ2n) is 5.52. The third-order valence-corrected chi connectivity index (χ3v) is 4.73. The molecular formula is C17H17N3O2S. The van der Waals surface area contributed by atoms with Crippen molar-refractivity contribution in [2.24, 2.45) is 0 Å². The molecule has 1 aliphatic heterocycles. The Bertz CT molecular complexity index is 828. The molecule has 0 radical (unpaired) electrons. The van der Waals surface area contributed by atoms with Crippen molar-refractivity contribution < 1.29 is 9.47 Å². The Morgan fingerprint density at radius 3 is 3.09 bits per heavy atom. The molecule has 6 heteroatoms. The number of fused-ring (bicyclic) bond motifs is 1. The fourth-order valence-corrected chi connectivity index (χ4v) is 3.51. The van der Waals surface area contributed by atoms with Crippen LogP contribution in [0.15, 0.2) is 36.7 Å². The van der Waals surface area contributed by atoms with E-state index in [1.54, 1.807) is 17.7 Å². The molecule has 4 rings (SSSR count). The summed E-state index contributed by atoms with van der Waals surface area (Å²) in [5.41, 5.74) is 0.906. The van der Waals surface area contributed by atoms with Crippen LogP contribution in [0.5, 0.6) is 5.75 Å². The van der Waals surface area contributed by atoms with E-state index in [4.69, 9.17) is 9.47 Å². The van der Waals surface area contributed by atoms with E-state index in [-0.39, 0.29) is 6.10 Å². The van der Waals surface area contributed by atoms with Gasteiger partial charge in [-0.25, -0.2) is 9.97 Å². The predicted molar refractivity (Wildman–Crippen MR) is 91.7 cm³/mol. The fraction of sp³-hybridized carbons (Fsp3) is 0.294. The van der Waals surface area contributed by atoms with Crippen molar-refractivity contribution in [2.75, 3.05) is 18.5 Å². The van der Waals surface area contributed by atoms with E-state index in [0.717, 1.165) is 40.5 Å². The van der Waals surface area contributed by atoms with E-state index in [1.165, 1.54) is 4.88 Å². The molecular weight excluding hydrogens is 310 g/mol. The molecule has 1 fully saturated rings. The highest BCUT2D eigenvalue weighted by Gasteiger charge is 2.19. The van der Waals surface area contributed by atoms with Crippen LogP contribution in [0.4, 0.5) is 11.5 Å². The van der Waals surface area contributed by atoms with Gasteiger partial charge in [-0.15, -0.1) is 11.3 Å². The SMILES string of the molecule is Cc1cc2c(Nc3ccccc3OC3CCOC3)ncnc2s1. The van der Waals surface area contributed by atoms with Crippen molar-refractivity contribution >= 4 is 33.1 Å². The summed E-state index contributed by atoms with van der Waals surface area (Å²) in [7, 11) is 0. The van der Waals surface area contributed by atoms with E-state index >= 15 is 0 Å². The van der Waals surface area contributed by atoms with Crippen LogP contribution in [-0.2, 0) is 4.74 Å². The van der Waals surface area contributed by atoms with Gasteiger partial charge in [-0.05, 0) is 25.1 Å². The lowest BCUT2D eigenvalue weighted by atomic mass is 10.2. The molecule has 1 aliphatic rings. The van der Waals surface area contributed by atoms with Crippen molar-refractivity contribution in [1.29, 1.82) is 0 Å². The van der Waals surface area contributed by atoms with Gasteiger partial charge in [0, 0.05) is 11.3 Å². The van der Waals surface area contributed by atoms with Crippen LogP contribution in [0.3, 0.4) is 0 Å². The second kappa shape index (κ2) is 6.14. The molecule has 2 aromatic heterocycles. The molecule has 1 saturated heterocycles. The first-order valence-corrected chi connectivity index (χ1v) is 8.43. The minimum Gasteiger partial charge on any atom is -0.486 e.